The van der Waals surface area contributed by atoms with E-state index in [1.807, 2.05) is 24.3 Å². The van der Waals surface area contributed by atoms with E-state index in [2.05, 4.69) is 22.9 Å². The van der Waals surface area contributed by atoms with Crippen LogP contribution in [0.1, 0.15) is 87.9 Å². The van der Waals surface area contributed by atoms with Crippen LogP contribution in [0.25, 0.3) is 0 Å². The van der Waals surface area contributed by atoms with Crippen LogP contribution in [-0.2, 0) is 0 Å². The van der Waals surface area contributed by atoms with Crippen LogP contribution >= 0.6 is 15.9 Å². The zero-order valence-electron chi connectivity index (χ0n) is 13.4. The molecule has 0 amide bonds. The largest absolute Gasteiger partial charge is 0.294 e. The molecule has 0 saturated heterocycles. The van der Waals surface area contributed by atoms with E-state index < -0.39 is 0 Å². The third-order valence-corrected chi connectivity index (χ3v) is 4.62. The number of Topliss-reactive ketones (excluding diaryl/α,β-unsaturated/α-hetero) is 1. The van der Waals surface area contributed by atoms with Gasteiger partial charge in [0.15, 0.2) is 5.78 Å². The van der Waals surface area contributed by atoms with Crippen molar-refractivity contribution in [3.05, 3.63) is 34.3 Å². The van der Waals surface area contributed by atoms with Crippen LogP contribution < -0.4 is 0 Å². The Bertz CT molecular complexity index is 400. The van der Waals surface area contributed by atoms with E-state index in [4.69, 9.17) is 0 Å². The molecule has 0 aromatic heterocycles. The van der Waals surface area contributed by atoms with Gasteiger partial charge in [-0.25, -0.2) is 0 Å². The molecule has 0 atom stereocenters. The molecule has 2 heteroatoms. The highest BCUT2D eigenvalue weighted by Gasteiger charge is 2.08. The van der Waals surface area contributed by atoms with Crippen LogP contribution in [0.3, 0.4) is 0 Å². The van der Waals surface area contributed by atoms with E-state index in [-0.39, 0.29) is 5.78 Å². The van der Waals surface area contributed by atoms with Crippen LogP contribution in [-0.4, -0.2) is 5.78 Å². The molecule has 0 N–H and O–H groups in total. The summed E-state index contributed by atoms with van der Waals surface area (Å²) in [4.78, 5) is 12.1. The summed E-state index contributed by atoms with van der Waals surface area (Å²) >= 11 is 3.44. The number of carbonyl (C=O) groups excluding carboxylic acids is 1. The Morgan fingerprint density at radius 2 is 1.38 bits per heavy atom. The van der Waals surface area contributed by atoms with E-state index >= 15 is 0 Å². The molecule has 0 radical (unpaired) electrons. The fourth-order valence-corrected chi connectivity index (χ4v) is 3.10. The molecule has 1 rings (SSSR count). The van der Waals surface area contributed by atoms with Gasteiger partial charge >= 0.3 is 0 Å². The highest BCUT2D eigenvalue weighted by molar-refractivity contribution is 9.10. The van der Waals surface area contributed by atoms with Gasteiger partial charge in [0.1, 0.15) is 0 Å². The third-order valence-electron chi connectivity index (χ3n) is 3.93. The molecule has 0 bridgehead atoms. The average Bonchev–Trinajstić information content (AvgIpc) is 2.49. The van der Waals surface area contributed by atoms with Gasteiger partial charge in [0.25, 0.3) is 0 Å². The highest BCUT2D eigenvalue weighted by Crippen LogP contribution is 2.19. The van der Waals surface area contributed by atoms with Gasteiger partial charge < -0.3 is 0 Å². The topological polar surface area (TPSA) is 17.1 Å². The smallest absolute Gasteiger partial charge is 0.164 e. The minimum atomic E-state index is 0.266. The summed E-state index contributed by atoms with van der Waals surface area (Å²) in [6.45, 7) is 2.26. The minimum absolute atomic E-state index is 0.266. The Labute approximate surface area is 138 Å². The molecular formula is C19H29BrO. The number of hydrogen-bond acceptors (Lipinski definition) is 1. The molecule has 0 saturated carbocycles. The van der Waals surface area contributed by atoms with Gasteiger partial charge in [0.2, 0.25) is 0 Å². The zero-order chi connectivity index (χ0) is 15.3. The van der Waals surface area contributed by atoms with Crippen molar-refractivity contribution in [1.29, 1.82) is 0 Å². The predicted octanol–water partition coefficient (Wildman–Crippen LogP) is 6.94. The van der Waals surface area contributed by atoms with E-state index in [9.17, 15) is 4.79 Å². The van der Waals surface area contributed by atoms with E-state index in [1.165, 1.54) is 57.8 Å². The molecule has 21 heavy (non-hydrogen) atoms. The first-order chi connectivity index (χ1) is 10.3. The number of rotatable bonds is 12. The standard InChI is InChI=1S/C19H29BrO/c1-2-3-4-5-6-7-8-9-10-11-16-19(21)17-14-12-13-15-18(17)20/h12-15H,2-11,16H2,1H3. The molecule has 1 nitrogen and oxygen atoms in total. The maximum Gasteiger partial charge on any atom is 0.164 e. The lowest BCUT2D eigenvalue weighted by Gasteiger charge is -2.04. The Morgan fingerprint density at radius 3 is 1.95 bits per heavy atom. The SMILES string of the molecule is CCCCCCCCCCCCC(=O)c1ccccc1Br. The first kappa shape index (κ1) is 18.4. The van der Waals surface area contributed by atoms with Crippen LogP contribution in [0.5, 0.6) is 0 Å². The molecule has 1 aromatic carbocycles. The lowest BCUT2D eigenvalue weighted by atomic mass is 10.0. The van der Waals surface area contributed by atoms with Gasteiger partial charge in [-0.15, -0.1) is 0 Å². The predicted molar refractivity (Wildman–Crippen MR) is 94.9 cm³/mol. The van der Waals surface area contributed by atoms with Crippen molar-refractivity contribution in [3.63, 3.8) is 0 Å². The van der Waals surface area contributed by atoms with Crippen LogP contribution in [0.15, 0.2) is 28.7 Å². The van der Waals surface area contributed by atoms with Crippen molar-refractivity contribution in [1.82, 2.24) is 0 Å². The van der Waals surface area contributed by atoms with E-state index in [0.29, 0.717) is 6.42 Å². The molecule has 0 unspecified atom stereocenters. The Kier molecular flexibility index (Phi) is 10.5. The van der Waals surface area contributed by atoms with Gasteiger partial charge in [0.05, 0.1) is 0 Å². The molecule has 0 heterocycles. The second-order valence-corrected chi connectivity index (χ2v) is 6.69. The number of ketones is 1. The number of unbranched alkanes of at least 4 members (excludes halogenated alkanes) is 9. The summed E-state index contributed by atoms with van der Waals surface area (Å²) in [5.74, 6) is 0.266. The van der Waals surface area contributed by atoms with Crippen molar-refractivity contribution in [2.45, 2.75) is 77.6 Å². The highest BCUT2D eigenvalue weighted by atomic mass is 79.9. The molecule has 0 aliphatic rings. The second-order valence-electron chi connectivity index (χ2n) is 5.84. The molecule has 1 aromatic rings. The third kappa shape index (κ3) is 8.40. The summed E-state index contributed by atoms with van der Waals surface area (Å²) < 4.78 is 0.919. The summed E-state index contributed by atoms with van der Waals surface area (Å²) in [5.41, 5.74) is 0.827. The fraction of sp³-hybridized carbons (Fsp3) is 0.632. The van der Waals surface area contributed by atoms with Gasteiger partial charge in [-0.1, -0.05) is 98.8 Å². The van der Waals surface area contributed by atoms with E-state index in [0.717, 1.165) is 16.5 Å². The average molecular weight is 353 g/mol. The molecule has 0 fully saturated rings. The molecule has 118 valence electrons. The lowest BCUT2D eigenvalue weighted by Crippen LogP contribution is -1.99. The fourth-order valence-electron chi connectivity index (χ4n) is 2.60. The summed E-state index contributed by atoms with van der Waals surface area (Å²) in [7, 11) is 0. The number of carbonyl (C=O) groups is 1. The number of hydrogen-bond donors (Lipinski definition) is 0. The molecule has 0 aliphatic heterocycles. The maximum atomic E-state index is 12.1. The van der Waals surface area contributed by atoms with E-state index in [1.54, 1.807) is 0 Å². The quantitative estimate of drug-likeness (QED) is 0.294. The maximum absolute atomic E-state index is 12.1. The first-order valence-corrected chi connectivity index (χ1v) is 9.32. The molecule has 0 aliphatic carbocycles. The number of halogens is 1. The summed E-state index contributed by atoms with van der Waals surface area (Å²) in [5, 5.41) is 0. The van der Waals surface area contributed by atoms with Crippen LogP contribution in [0, 0.1) is 0 Å². The van der Waals surface area contributed by atoms with Gasteiger partial charge in [-0.2, -0.15) is 0 Å². The molecular weight excluding hydrogens is 324 g/mol. The Hall–Kier alpha value is -0.630. The summed E-state index contributed by atoms with van der Waals surface area (Å²) in [6.07, 6.45) is 13.7. The van der Waals surface area contributed by atoms with Crippen molar-refractivity contribution >= 4 is 21.7 Å². The monoisotopic (exact) mass is 352 g/mol. The van der Waals surface area contributed by atoms with Gasteiger partial charge in [0, 0.05) is 16.5 Å². The van der Waals surface area contributed by atoms with Gasteiger partial charge in [-0.3, -0.25) is 4.79 Å². The Morgan fingerprint density at radius 1 is 0.857 bits per heavy atom. The van der Waals surface area contributed by atoms with Crippen molar-refractivity contribution in [3.8, 4) is 0 Å². The summed E-state index contributed by atoms with van der Waals surface area (Å²) in [6, 6.07) is 7.71. The molecule has 0 spiro atoms. The second kappa shape index (κ2) is 12.0. The first-order valence-electron chi connectivity index (χ1n) is 8.53. The lowest BCUT2D eigenvalue weighted by molar-refractivity contribution is 0.0978. The van der Waals surface area contributed by atoms with Crippen LogP contribution in [0.4, 0.5) is 0 Å². The van der Waals surface area contributed by atoms with Crippen molar-refractivity contribution in [2.24, 2.45) is 0 Å². The van der Waals surface area contributed by atoms with Crippen molar-refractivity contribution in [2.75, 3.05) is 0 Å². The van der Waals surface area contributed by atoms with Crippen LogP contribution in [0.2, 0.25) is 0 Å². The normalized spacial score (nSPS) is 10.8. The number of benzene rings is 1. The van der Waals surface area contributed by atoms with Gasteiger partial charge in [-0.05, 0) is 12.5 Å². The van der Waals surface area contributed by atoms with Crippen molar-refractivity contribution < 1.29 is 4.79 Å². The zero-order valence-corrected chi connectivity index (χ0v) is 15.0. The Balaban J connectivity index is 1.99. The minimum Gasteiger partial charge on any atom is -0.294 e.